The maximum Gasteiger partial charge on any atom is 0.275 e. The van der Waals surface area contributed by atoms with E-state index in [1.54, 1.807) is 38.1 Å². The Morgan fingerprint density at radius 3 is 2.11 bits per heavy atom. The highest BCUT2D eigenvalue weighted by molar-refractivity contribution is 7.89. The lowest BCUT2D eigenvalue weighted by molar-refractivity contribution is -0.127. The van der Waals surface area contributed by atoms with Gasteiger partial charge >= 0.3 is 0 Å². The van der Waals surface area contributed by atoms with E-state index < -0.39 is 22.0 Å². The smallest absolute Gasteiger partial charge is 0.275 e. The second-order valence-corrected chi connectivity index (χ2v) is 8.20. The molecule has 0 aliphatic heterocycles. The fourth-order valence-corrected chi connectivity index (χ4v) is 4.18. The summed E-state index contributed by atoms with van der Waals surface area (Å²) in [6.07, 6.45) is -0.947. The van der Waals surface area contributed by atoms with Gasteiger partial charge in [-0.1, -0.05) is 6.07 Å². The topological polar surface area (TPSA) is 108 Å². The van der Waals surface area contributed by atoms with Gasteiger partial charge in [-0.05, 0) is 81.1 Å². The molecule has 28 heavy (non-hydrogen) atoms. The molecule has 0 spiro atoms. The highest BCUT2D eigenvalue weighted by Crippen LogP contribution is 2.25. The molecule has 2 aromatic carbocycles. The molecule has 0 heterocycles. The van der Waals surface area contributed by atoms with E-state index in [0.29, 0.717) is 22.4 Å². The van der Waals surface area contributed by atoms with Crippen LogP contribution in [0.1, 0.15) is 34.7 Å². The molecule has 148 valence electrons. The van der Waals surface area contributed by atoms with Crippen LogP contribution < -0.4 is 15.0 Å². The van der Waals surface area contributed by atoms with E-state index >= 15 is 0 Å². The molecule has 0 bridgehead atoms. The van der Waals surface area contributed by atoms with Gasteiger partial charge in [0.2, 0.25) is 0 Å². The molecule has 0 aliphatic rings. The first-order valence-electron chi connectivity index (χ1n) is 8.62. The van der Waals surface area contributed by atoms with Crippen molar-refractivity contribution >= 4 is 15.9 Å². The van der Waals surface area contributed by atoms with Crippen molar-refractivity contribution in [2.45, 2.75) is 45.6 Å². The summed E-state index contributed by atoms with van der Waals surface area (Å²) in [5.74, 6) is -0.252. The molecule has 0 fully saturated rings. The molecule has 1 atom stereocenters. The molecule has 0 aliphatic carbocycles. The maximum atomic E-state index is 12.7. The van der Waals surface area contributed by atoms with Gasteiger partial charge in [-0.3, -0.25) is 10.2 Å². The molecule has 0 radical (unpaired) electrons. The number of aryl methyl sites for hydroxylation is 2. The number of amides is 1. The van der Waals surface area contributed by atoms with Crippen LogP contribution in [-0.4, -0.2) is 20.4 Å². The van der Waals surface area contributed by atoms with E-state index in [1.165, 1.54) is 6.92 Å². The maximum absolute atomic E-state index is 12.7. The zero-order chi connectivity index (χ0) is 21.1. The minimum absolute atomic E-state index is 0.158. The van der Waals surface area contributed by atoms with Crippen molar-refractivity contribution in [1.82, 2.24) is 10.3 Å². The number of rotatable bonds is 6. The van der Waals surface area contributed by atoms with Gasteiger partial charge in [0.05, 0.1) is 16.5 Å². The number of hydrazine groups is 1. The zero-order valence-corrected chi connectivity index (χ0v) is 17.3. The van der Waals surface area contributed by atoms with Crippen LogP contribution in [0.2, 0.25) is 0 Å². The van der Waals surface area contributed by atoms with Gasteiger partial charge in [0, 0.05) is 0 Å². The van der Waals surface area contributed by atoms with Crippen molar-refractivity contribution in [3.05, 3.63) is 58.1 Å². The minimum Gasteiger partial charge on any atom is -0.481 e. The first-order valence-corrected chi connectivity index (χ1v) is 10.1. The van der Waals surface area contributed by atoms with Crippen molar-refractivity contribution < 1.29 is 17.9 Å². The van der Waals surface area contributed by atoms with Crippen LogP contribution >= 0.6 is 0 Å². The fourth-order valence-electron chi connectivity index (χ4n) is 2.72. The molecule has 0 aromatic heterocycles. The summed E-state index contributed by atoms with van der Waals surface area (Å²) in [6, 6.07) is 10.2. The molecule has 2 N–H and O–H groups in total. The van der Waals surface area contributed by atoms with Crippen LogP contribution in [0.3, 0.4) is 0 Å². The Hall–Kier alpha value is -2.89. The summed E-state index contributed by atoms with van der Waals surface area (Å²) in [6.45, 7) is 8.64. The van der Waals surface area contributed by atoms with Gasteiger partial charge in [0.25, 0.3) is 15.9 Å². The van der Waals surface area contributed by atoms with E-state index in [-0.39, 0.29) is 4.90 Å². The molecular weight excluding hydrogens is 378 g/mol. The molecule has 0 saturated carbocycles. The number of nitrogens with one attached hydrogen (secondary N) is 2. The van der Waals surface area contributed by atoms with Crippen LogP contribution in [0, 0.1) is 39.0 Å². The number of carbonyl (C=O) groups is 1. The molecule has 8 heteroatoms. The number of nitrogens with zero attached hydrogens (tertiary/aromatic N) is 1. The molecule has 0 unspecified atom stereocenters. The van der Waals surface area contributed by atoms with E-state index in [9.17, 15) is 13.2 Å². The third kappa shape index (κ3) is 4.68. The first kappa shape index (κ1) is 21.4. The summed E-state index contributed by atoms with van der Waals surface area (Å²) in [4.78, 5) is 14.5. The molecule has 1 amide bonds. The zero-order valence-electron chi connectivity index (χ0n) is 16.5. The van der Waals surface area contributed by atoms with E-state index in [1.807, 2.05) is 26.0 Å². The number of benzene rings is 2. The largest absolute Gasteiger partial charge is 0.481 e. The highest BCUT2D eigenvalue weighted by Gasteiger charge is 2.24. The molecule has 0 saturated heterocycles. The van der Waals surface area contributed by atoms with Crippen LogP contribution in [0.25, 0.3) is 0 Å². The summed E-state index contributed by atoms with van der Waals surface area (Å²) >= 11 is 0. The van der Waals surface area contributed by atoms with Crippen LogP contribution in [0.5, 0.6) is 5.75 Å². The number of nitriles is 1. The third-order valence-corrected chi connectivity index (χ3v) is 6.06. The number of sulfonamides is 1. The second-order valence-electron chi connectivity index (χ2n) is 6.58. The van der Waals surface area contributed by atoms with Gasteiger partial charge in [0.15, 0.2) is 6.10 Å². The van der Waals surface area contributed by atoms with Crippen molar-refractivity contribution in [2.75, 3.05) is 0 Å². The van der Waals surface area contributed by atoms with Crippen molar-refractivity contribution in [3.63, 3.8) is 0 Å². The van der Waals surface area contributed by atoms with E-state index in [4.69, 9.17) is 10.00 Å². The Kier molecular flexibility index (Phi) is 6.44. The third-order valence-electron chi connectivity index (χ3n) is 4.54. The van der Waals surface area contributed by atoms with Gasteiger partial charge in [-0.15, -0.1) is 4.83 Å². The number of carbonyl (C=O) groups excluding carboxylic acids is 1. The lowest BCUT2D eigenvalue weighted by Crippen LogP contribution is -2.47. The molecular formula is C20H23N3O4S. The Morgan fingerprint density at radius 2 is 1.61 bits per heavy atom. The summed E-state index contributed by atoms with van der Waals surface area (Å²) < 4.78 is 30.9. The lowest BCUT2D eigenvalue weighted by atomic mass is 10.0. The molecule has 2 aromatic rings. The summed E-state index contributed by atoms with van der Waals surface area (Å²) in [5, 5.41) is 8.79. The number of ether oxygens (including phenoxy) is 1. The first-order chi connectivity index (χ1) is 13.1. The van der Waals surface area contributed by atoms with Gasteiger partial charge in [-0.25, -0.2) is 8.42 Å². The quantitative estimate of drug-likeness (QED) is 0.723. The summed E-state index contributed by atoms with van der Waals surface area (Å²) in [5.41, 5.74) is 5.64. The van der Waals surface area contributed by atoms with Gasteiger partial charge < -0.3 is 4.74 Å². The van der Waals surface area contributed by atoms with Crippen LogP contribution in [0.4, 0.5) is 0 Å². The normalized spacial score (nSPS) is 12.1. The predicted molar refractivity (Wildman–Crippen MR) is 105 cm³/mol. The second kappa shape index (κ2) is 8.42. The molecule has 2 rings (SSSR count). The Balaban J connectivity index is 2.10. The van der Waals surface area contributed by atoms with Crippen LogP contribution in [-0.2, 0) is 14.8 Å². The van der Waals surface area contributed by atoms with E-state index in [0.717, 1.165) is 11.1 Å². The Bertz CT molecular complexity index is 1010. The van der Waals surface area contributed by atoms with Crippen molar-refractivity contribution in [3.8, 4) is 11.8 Å². The Morgan fingerprint density at radius 1 is 1.07 bits per heavy atom. The standard InChI is InChI=1S/C20H23N3O4S/c1-12-10-13(2)15(4)19(14(12)3)28(25,26)23-22-20(24)16(5)27-18-8-6-17(11-21)7-9-18/h6-10,16,23H,1-5H3,(H,22,24)/t16-/m1/s1. The minimum atomic E-state index is -3.95. The van der Waals surface area contributed by atoms with E-state index in [2.05, 4.69) is 10.3 Å². The van der Waals surface area contributed by atoms with Gasteiger partial charge in [0.1, 0.15) is 5.75 Å². The van der Waals surface area contributed by atoms with Crippen molar-refractivity contribution in [1.29, 1.82) is 5.26 Å². The van der Waals surface area contributed by atoms with Crippen LogP contribution in [0.15, 0.2) is 35.2 Å². The lowest BCUT2D eigenvalue weighted by Gasteiger charge is -2.18. The van der Waals surface area contributed by atoms with Gasteiger partial charge in [-0.2, -0.15) is 5.26 Å². The monoisotopic (exact) mass is 401 g/mol. The average molecular weight is 401 g/mol. The number of hydrogen-bond donors (Lipinski definition) is 2. The predicted octanol–water partition coefficient (Wildman–Crippen LogP) is 2.57. The number of hydrogen-bond acceptors (Lipinski definition) is 5. The fraction of sp³-hybridized carbons (Fsp3) is 0.300. The summed E-state index contributed by atoms with van der Waals surface area (Å²) in [7, 11) is -3.95. The Labute approximate surface area is 165 Å². The average Bonchev–Trinajstić information content (AvgIpc) is 2.65. The molecule has 7 nitrogen and oxygen atoms in total. The van der Waals surface area contributed by atoms with Crippen molar-refractivity contribution in [2.24, 2.45) is 0 Å². The highest BCUT2D eigenvalue weighted by atomic mass is 32.2. The SMILES string of the molecule is Cc1cc(C)c(C)c(S(=O)(=O)NNC(=O)[C@@H](C)Oc2ccc(C#N)cc2)c1C.